The monoisotopic (exact) mass is 390 g/mol. The third kappa shape index (κ3) is 5.47. The van der Waals surface area contributed by atoms with Crippen LogP contribution in [0.25, 0.3) is 0 Å². The molecule has 1 N–H and O–H groups in total. The summed E-state index contributed by atoms with van der Waals surface area (Å²) in [6, 6.07) is 3.35. The second-order valence-corrected chi connectivity index (χ2v) is 11.9. The molecule has 1 atom stereocenters. The lowest BCUT2D eigenvalue weighted by atomic mass is 9.99. The molecule has 2 heterocycles. The van der Waals surface area contributed by atoms with Gasteiger partial charge in [-0.2, -0.15) is 16.1 Å². The number of rotatable bonds is 6. The smallest absolute Gasteiger partial charge is 0.252 e. The van der Waals surface area contributed by atoms with Gasteiger partial charge in [0.15, 0.2) is 0 Å². The number of nitrogens with one attached hydrogen (secondary N) is 1. The van der Waals surface area contributed by atoms with Crippen LogP contribution in [0.4, 0.5) is 0 Å². The Kier molecular flexibility index (Phi) is 6.75. The Morgan fingerprint density at radius 3 is 2.83 bits per heavy atom. The number of sulfonamides is 1. The lowest BCUT2D eigenvalue weighted by Crippen LogP contribution is -2.45. The number of hydrogen-bond acceptors (Lipinski definition) is 5. The van der Waals surface area contributed by atoms with Gasteiger partial charge in [0.1, 0.15) is 4.21 Å². The van der Waals surface area contributed by atoms with E-state index in [1.165, 1.54) is 15.6 Å². The van der Waals surface area contributed by atoms with Crippen LogP contribution in [-0.4, -0.2) is 48.8 Å². The molecular weight excluding hydrogens is 364 g/mol. The van der Waals surface area contributed by atoms with E-state index in [4.69, 9.17) is 0 Å². The molecule has 1 amide bonds. The zero-order valence-corrected chi connectivity index (χ0v) is 16.9. The van der Waals surface area contributed by atoms with Gasteiger partial charge in [-0.25, -0.2) is 8.42 Å². The summed E-state index contributed by atoms with van der Waals surface area (Å²) in [6.07, 6.45) is 1.47. The van der Waals surface area contributed by atoms with Crippen molar-refractivity contribution in [3.8, 4) is 0 Å². The largest absolute Gasteiger partial charge is 0.355 e. The third-order valence-corrected chi connectivity index (χ3v) is 8.29. The van der Waals surface area contributed by atoms with Gasteiger partial charge in [-0.3, -0.25) is 4.79 Å². The van der Waals surface area contributed by atoms with Crippen LogP contribution in [-0.2, 0) is 14.8 Å². The minimum Gasteiger partial charge on any atom is -0.355 e. The Balaban J connectivity index is 1.87. The van der Waals surface area contributed by atoms with E-state index >= 15 is 0 Å². The predicted molar refractivity (Wildman–Crippen MR) is 101 cm³/mol. The van der Waals surface area contributed by atoms with Crippen molar-refractivity contribution in [2.24, 2.45) is 5.92 Å². The van der Waals surface area contributed by atoms with E-state index < -0.39 is 10.0 Å². The second kappa shape index (κ2) is 8.21. The Labute approximate surface area is 153 Å². The summed E-state index contributed by atoms with van der Waals surface area (Å²) < 4.78 is 27.2. The van der Waals surface area contributed by atoms with Crippen molar-refractivity contribution in [1.29, 1.82) is 0 Å². The zero-order chi connectivity index (χ0) is 17.8. The molecule has 2 rings (SSSR count). The first kappa shape index (κ1) is 19.8. The highest BCUT2D eigenvalue weighted by molar-refractivity contribution is 8.00. The van der Waals surface area contributed by atoms with Crippen LogP contribution in [0.2, 0.25) is 0 Å². The normalized spacial score (nSPS) is 20.0. The van der Waals surface area contributed by atoms with Crippen LogP contribution in [0.1, 0.15) is 33.6 Å². The predicted octanol–water partition coefficient (Wildman–Crippen LogP) is 2.80. The maximum absolute atomic E-state index is 12.6. The first-order chi connectivity index (χ1) is 11.2. The molecule has 24 heavy (non-hydrogen) atoms. The van der Waals surface area contributed by atoms with Gasteiger partial charge in [-0.15, -0.1) is 11.3 Å². The number of piperidine rings is 1. The van der Waals surface area contributed by atoms with Crippen molar-refractivity contribution < 1.29 is 13.2 Å². The minimum absolute atomic E-state index is 0.0319. The number of hydrogen-bond donors (Lipinski definition) is 1. The molecule has 0 aromatic carbocycles. The Bertz CT molecular complexity index is 636. The minimum atomic E-state index is -3.46. The highest BCUT2D eigenvalue weighted by Crippen LogP contribution is 2.26. The summed E-state index contributed by atoms with van der Waals surface area (Å²) in [7, 11) is -3.46. The van der Waals surface area contributed by atoms with Crippen molar-refractivity contribution in [2.75, 3.05) is 25.4 Å². The van der Waals surface area contributed by atoms with Crippen LogP contribution in [0, 0.1) is 5.92 Å². The Morgan fingerprint density at radius 1 is 1.46 bits per heavy atom. The number of nitrogens with zero attached hydrogens (tertiary/aromatic N) is 1. The van der Waals surface area contributed by atoms with Crippen molar-refractivity contribution in [3.63, 3.8) is 0 Å². The summed E-state index contributed by atoms with van der Waals surface area (Å²) in [4.78, 5) is 12.3. The standard InChI is InChI=1S/C16H26N2O3S3/c1-16(2,3)23-11-8-17-15(19)13-6-4-9-18(12-13)24(20,21)14-7-5-10-22-14/h5,7,10,13H,4,6,8-9,11-12H2,1-3H3,(H,17,19). The van der Waals surface area contributed by atoms with E-state index in [-0.39, 0.29) is 23.1 Å². The molecule has 0 radical (unpaired) electrons. The lowest BCUT2D eigenvalue weighted by Gasteiger charge is -2.30. The molecule has 0 saturated carbocycles. The van der Waals surface area contributed by atoms with Gasteiger partial charge in [0.25, 0.3) is 10.0 Å². The maximum Gasteiger partial charge on any atom is 0.252 e. The summed E-state index contributed by atoms with van der Waals surface area (Å²) in [5.74, 6) is 0.572. The van der Waals surface area contributed by atoms with Gasteiger partial charge in [0.05, 0.1) is 5.92 Å². The zero-order valence-electron chi connectivity index (χ0n) is 14.4. The van der Waals surface area contributed by atoms with E-state index in [1.807, 2.05) is 0 Å². The molecule has 1 fully saturated rings. The molecule has 1 unspecified atom stereocenters. The summed E-state index contributed by atoms with van der Waals surface area (Å²) in [5.41, 5.74) is 0. The van der Waals surface area contributed by atoms with Crippen LogP contribution in [0.5, 0.6) is 0 Å². The van der Waals surface area contributed by atoms with Gasteiger partial charge in [0, 0.05) is 30.1 Å². The van der Waals surface area contributed by atoms with Crippen LogP contribution in [0.15, 0.2) is 21.7 Å². The Morgan fingerprint density at radius 2 is 2.21 bits per heavy atom. The fraction of sp³-hybridized carbons (Fsp3) is 0.688. The van der Waals surface area contributed by atoms with E-state index in [1.54, 1.807) is 29.3 Å². The molecule has 1 saturated heterocycles. The summed E-state index contributed by atoms with van der Waals surface area (Å²) in [5, 5.41) is 4.71. The lowest BCUT2D eigenvalue weighted by molar-refractivity contribution is -0.125. The molecule has 1 aliphatic heterocycles. The maximum atomic E-state index is 12.6. The molecule has 8 heteroatoms. The van der Waals surface area contributed by atoms with Crippen LogP contribution < -0.4 is 5.32 Å². The quantitative estimate of drug-likeness (QED) is 0.759. The Hall–Kier alpha value is -0.570. The van der Waals surface area contributed by atoms with E-state index in [9.17, 15) is 13.2 Å². The van der Waals surface area contributed by atoms with Gasteiger partial charge in [-0.05, 0) is 24.3 Å². The molecule has 5 nitrogen and oxygen atoms in total. The molecule has 0 bridgehead atoms. The second-order valence-electron chi connectivity index (χ2n) is 6.89. The van der Waals surface area contributed by atoms with Crippen LogP contribution in [0.3, 0.4) is 0 Å². The van der Waals surface area contributed by atoms with E-state index in [0.29, 0.717) is 17.3 Å². The van der Waals surface area contributed by atoms with Crippen molar-refractivity contribution in [2.45, 2.75) is 42.6 Å². The SMILES string of the molecule is CC(C)(C)SCCNC(=O)C1CCCN(S(=O)(=O)c2cccs2)C1. The highest BCUT2D eigenvalue weighted by Gasteiger charge is 2.33. The molecule has 1 aromatic heterocycles. The number of carbonyl (C=O) groups excluding carboxylic acids is 1. The van der Waals surface area contributed by atoms with Crippen molar-refractivity contribution >= 4 is 39.0 Å². The number of carbonyl (C=O) groups is 1. The van der Waals surface area contributed by atoms with Gasteiger partial charge in [-0.1, -0.05) is 26.8 Å². The molecule has 0 aliphatic carbocycles. The summed E-state index contributed by atoms with van der Waals surface area (Å²) in [6.45, 7) is 7.83. The molecule has 136 valence electrons. The number of amides is 1. The number of thioether (sulfide) groups is 1. The van der Waals surface area contributed by atoms with E-state index in [2.05, 4.69) is 26.1 Å². The fourth-order valence-corrected chi connectivity index (χ4v) is 6.07. The average Bonchev–Trinajstić information content (AvgIpc) is 3.06. The molecule has 1 aromatic rings. The first-order valence-electron chi connectivity index (χ1n) is 8.15. The molecular formula is C16H26N2O3S3. The van der Waals surface area contributed by atoms with Gasteiger partial charge < -0.3 is 5.32 Å². The van der Waals surface area contributed by atoms with Crippen molar-refractivity contribution in [1.82, 2.24) is 9.62 Å². The third-order valence-electron chi connectivity index (χ3n) is 3.78. The van der Waals surface area contributed by atoms with Gasteiger partial charge in [0.2, 0.25) is 5.91 Å². The highest BCUT2D eigenvalue weighted by atomic mass is 32.2. The first-order valence-corrected chi connectivity index (χ1v) is 11.5. The summed E-state index contributed by atoms with van der Waals surface area (Å²) >= 11 is 3.02. The van der Waals surface area contributed by atoms with Crippen LogP contribution >= 0.6 is 23.1 Å². The average molecular weight is 391 g/mol. The van der Waals surface area contributed by atoms with E-state index in [0.717, 1.165) is 18.6 Å². The van der Waals surface area contributed by atoms with Gasteiger partial charge >= 0.3 is 0 Å². The molecule has 1 aliphatic rings. The van der Waals surface area contributed by atoms with Crippen molar-refractivity contribution in [3.05, 3.63) is 17.5 Å². The number of thiophene rings is 1. The topological polar surface area (TPSA) is 66.5 Å². The molecule has 0 spiro atoms. The fourth-order valence-electron chi connectivity index (χ4n) is 2.59.